The van der Waals surface area contributed by atoms with Gasteiger partial charge < -0.3 is 14.0 Å². The van der Waals surface area contributed by atoms with Crippen LogP contribution in [0.25, 0.3) is 0 Å². The lowest BCUT2D eigenvalue weighted by molar-refractivity contribution is -0.154. The van der Waals surface area contributed by atoms with Crippen molar-refractivity contribution in [3.63, 3.8) is 0 Å². The summed E-state index contributed by atoms with van der Waals surface area (Å²) in [5.41, 5.74) is -0.159. The molecule has 1 fully saturated rings. The Labute approximate surface area is 121 Å². The van der Waals surface area contributed by atoms with Gasteiger partial charge in [0.1, 0.15) is 11.6 Å². The molecule has 1 atom stereocenters. The summed E-state index contributed by atoms with van der Waals surface area (Å²) in [5, 5.41) is 8.47. The lowest BCUT2D eigenvalue weighted by Crippen LogP contribution is -2.53. The predicted molar refractivity (Wildman–Crippen MR) is 76.5 cm³/mol. The molecule has 0 spiro atoms. The molecule has 1 aromatic rings. The minimum atomic E-state index is -0.159. The Kier molecular flexibility index (Phi) is 4.78. The first kappa shape index (κ1) is 15.4. The van der Waals surface area contributed by atoms with Gasteiger partial charge in [0.25, 0.3) is 0 Å². The van der Waals surface area contributed by atoms with Crippen LogP contribution in [-0.2, 0) is 22.6 Å². The SMILES string of the molecule is CCn1c(C)nnc1CN1C[C@@H](COC)OC(C)(C)C1. The van der Waals surface area contributed by atoms with Gasteiger partial charge in [-0.05, 0) is 27.7 Å². The van der Waals surface area contributed by atoms with Crippen LogP contribution in [0.3, 0.4) is 0 Å². The van der Waals surface area contributed by atoms with E-state index < -0.39 is 0 Å². The van der Waals surface area contributed by atoms with Crippen molar-refractivity contribution in [3.8, 4) is 0 Å². The van der Waals surface area contributed by atoms with E-state index in [1.165, 1.54) is 0 Å². The van der Waals surface area contributed by atoms with Crippen LogP contribution < -0.4 is 0 Å². The van der Waals surface area contributed by atoms with E-state index in [4.69, 9.17) is 9.47 Å². The van der Waals surface area contributed by atoms with Crippen LogP contribution in [0.1, 0.15) is 32.4 Å². The Morgan fingerprint density at radius 2 is 2.15 bits per heavy atom. The summed E-state index contributed by atoms with van der Waals surface area (Å²) in [5.74, 6) is 2.00. The van der Waals surface area contributed by atoms with E-state index in [0.29, 0.717) is 6.61 Å². The molecule has 1 saturated heterocycles. The summed E-state index contributed by atoms with van der Waals surface area (Å²) in [7, 11) is 1.71. The minimum Gasteiger partial charge on any atom is -0.382 e. The van der Waals surface area contributed by atoms with Crippen molar-refractivity contribution in [1.29, 1.82) is 0 Å². The third kappa shape index (κ3) is 3.56. The summed E-state index contributed by atoms with van der Waals surface area (Å²) < 4.78 is 13.4. The molecule has 1 aliphatic heterocycles. The van der Waals surface area contributed by atoms with Crippen LogP contribution in [0.2, 0.25) is 0 Å². The largest absolute Gasteiger partial charge is 0.382 e. The lowest BCUT2D eigenvalue weighted by Gasteiger charge is -2.42. The topological polar surface area (TPSA) is 52.4 Å². The second kappa shape index (κ2) is 6.20. The summed E-state index contributed by atoms with van der Waals surface area (Å²) >= 11 is 0. The van der Waals surface area contributed by atoms with Crippen molar-refractivity contribution in [2.45, 2.75) is 52.5 Å². The molecular weight excluding hydrogens is 256 g/mol. The lowest BCUT2D eigenvalue weighted by atomic mass is 10.1. The molecule has 1 aliphatic rings. The van der Waals surface area contributed by atoms with Gasteiger partial charge in [-0.1, -0.05) is 0 Å². The fourth-order valence-electron chi connectivity index (χ4n) is 2.96. The van der Waals surface area contributed by atoms with Crippen molar-refractivity contribution >= 4 is 0 Å². The molecule has 0 saturated carbocycles. The van der Waals surface area contributed by atoms with Gasteiger partial charge in [-0.2, -0.15) is 0 Å². The summed E-state index contributed by atoms with van der Waals surface area (Å²) in [6.07, 6.45) is 0.114. The highest BCUT2D eigenvalue weighted by Gasteiger charge is 2.33. The molecule has 2 rings (SSSR count). The summed E-state index contributed by atoms with van der Waals surface area (Å²) in [6, 6.07) is 0. The van der Waals surface area contributed by atoms with Gasteiger partial charge in [-0.3, -0.25) is 4.90 Å². The second-order valence-electron chi connectivity index (χ2n) is 6.03. The Morgan fingerprint density at radius 1 is 1.40 bits per heavy atom. The molecule has 6 nitrogen and oxygen atoms in total. The normalized spacial score (nSPS) is 23.1. The van der Waals surface area contributed by atoms with Gasteiger partial charge >= 0.3 is 0 Å². The monoisotopic (exact) mass is 282 g/mol. The average molecular weight is 282 g/mol. The maximum Gasteiger partial charge on any atom is 0.147 e. The number of hydrogen-bond donors (Lipinski definition) is 0. The Hall–Kier alpha value is -0.980. The molecule has 0 bridgehead atoms. The standard InChI is InChI=1S/C14H26N4O2/c1-6-18-11(2)15-16-13(18)8-17-7-12(9-19-5)20-14(3,4)10-17/h12H,6-10H2,1-5H3/t12-/m0/s1. The highest BCUT2D eigenvalue weighted by molar-refractivity contribution is 4.95. The number of aryl methyl sites for hydroxylation is 1. The molecule has 1 aromatic heterocycles. The molecule has 6 heteroatoms. The van der Waals surface area contributed by atoms with Crippen LogP contribution in [0.15, 0.2) is 0 Å². The molecule has 20 heavy (non-hydrogen) atoms. The van der Waals surface area contributed by atoms with Crippen molar-refractivity contribution in [2.24, 2.45) is 0 Å². The third-order valence-corrected chi connectivity index (χ3v) is 3.60. The van der Waals surface area contributed by atoms with E-state index in [2.05, 4.69) is 40.4 Å². The van der Waals surface area contributed by atoms with Gasteiger partial charge in [0.15, 0.2) is 0 Å². The Bertz CT molecular complexity index is 444. The predicted octanol–water partition coefficient (Wildman–Crippen LogP) is 1.23. The molecule has 0 aliphatic carbocycles. The van der Waals surface area contributed by atoms with Crippen molar-refractivity contribution in [2.75, 3.05) is 26.8 Å². The molecule has 0 N–H and O–H groups in total. The van der Waals surface area contributed by atoms with E-state index in [1.54, 1.807) is 7.11 Å². The number of aromatic nitrogens is 3. The van der Waals surface area contributed by atoms with Crippen LogP contribution in [0.4, 0.5) is 0 Å². The molecule has 2 heterocycles. The first-order valence-corrected chi connectivity index (χ1v) is 7.23. The molecule has 0 radical (unpaired) electrons. The molecule has 114 valence electrons. The van der Waals surface area contributed by atoms with Gasteiger partial charge in [-0.25, -0.2) is 0 Å². The zero-order valence-corrected chi connectivity index (χ0v) is 13.2. The average Bonchev–Trinajstić information content (AvgIpc) is 2.68. The van der Waals surface area contributed by atoms with Crippen LogP contribution >= 0.6 is 0 Å². The van der Waals surface area contributed by atoms with Crippen LogP contribution in [-0.4, -0.2) is 58.2 Å². The second-order valence-corrected chi connectivity index (χ2v) is 6.03. The minimum absolute atomic E-state index is 0.114. The number of hydrogen-bond acceptors (Lipinski definition) is 5. The molecule has 0 aromatic carbocycles. The fourth-order valence-corrected chi connectivity index (χ4v) is 2.96. The van der Waals surface area contributed by atoms with E-state index in [-0.39, 0.29) is 11.7 Å². The van der Waals surface area contributed by atoms with E-state index in [1.807, 2.05) is 6.92 Å². The molecule has 0 unspecified atom stereocenters. The first-order chi connectivity index (χ1) is 9.45. The summed E-state index contributed by atoms with van der Waals surface area (Å²) in [6.45, 7) is 12.5. The first-order valence-electron chi connectivity index (χ1n) is 7.23. The zero-order valence-electron chi connectivity index (χ0n) is 13.2. The van der Waals surface area contributed by atoms with Crippen molar-refractivity contribution < 1.29 is 9.47 Å². The third-order valence-electron chi connectivity index (χ3n) is 3.60. The maximum atomic E-state index is 6.03. The highest BCUT2D eigenvalue weighted by Crippen LogP contribution is 2.22. The number of methoxy groups -OCH3 is 1. The van der Waals surface area contributed by atoms with Crippen molar-refractivity contribution in [1.82, 2.24) is 19.7 Å². The zero-order chi connectivity index (χ0) is 14.8. The van der Waals surface area contributed by atoms with Gasteiger partial charge in [0.05, 0.1) is 24.9 Å². The summed E-state index contributed by atoms with van der Waals surface area (Å²) in [4.78, 5) is 2.38. The van der Waals surface area contributed by atoms with E-state index >= 15 is 0 Å². The number of nitrogens with zero attached hydrogens (tertiary/aromatic N) is 4. The number of ether oxygens (including phenoxy) is 2. The fraction of sp³-hybridized carbons (Fsp3) is 0.857. The number of rotatable bonds is 5. The number of morpholine rings is 1. The maximum absolute atomic E-state index is 6.03. The van der Waals surface area contributed by atoms with E-state index in [0.717, 1.165) is 37.8 Å². The Morgan fingerprint density at radius 3 is 2.80 bits per heavy atom. The van der Waals surface area contributed by atoms with Crippen molar-refractivity contribution in [3.05, 3.63) is 11.6 Å². The van der Waals surface area contributed by atoms with Crippen LogP contribution in [0.5, 0.6) is 0 Å². The van der Waals surface area contributed by atoms with Gasteiger partial charge in [-0.15, -0.1) is 10.2 Å². The molecule has 0 amide bonds. The Balaban J connectivity index is 2.07. The molecular formula is C14H26N4O2. The van der Waals surface area contributed by atoms with E-state index in [9.17, 15) is 0 Å². The van der Waals surface area contributed by atoms with Gasteiger partial charge in [0.2, 0.25) is 0 Å². The highest BCUT2D eigenvalue weighted by atomic mass is 16.5. The van der Waals surface area contributed by atoms with Crippen LogP contribution in [0, 0.1) is 6.92 Å². The smallest absolute Gasteiger partial charge is 0.147 e. The quantitative estimate of drug-likeness (QED) is 0.813. The van der Waals surface area contributed by atoms with Gasteiger partial charge in [0, 0.05) is 26.7 Å².